The van der Waals surface area contributed by atoms with Crippen LogP contribution in [0.5, 0.6) is 0 Å². The molecule has 0 bridgehead atoms. The van der Waals surface area contributed by atoms with E-state index in [1.54, 1.807) is 13.2 Å². The van der Waals surface area contributed by atoms with Gasteiger partial charge in [-0.1, -0.05) is 0 Å². The number of methoxy groups -OCH3 is 1. The summed E-state index contributed by atoms with van der Waals surface area (Å²) in [7, 11) is 1.62. The molecule has 2 N–H and O–H groups in total. The summed E-state index contributed by atoms with van der Waals surface area (Å²) in [5.74, 6) is 1.02. The molecule has 0 aromatic carbocycles. The van der Waals surface area contributed by atoms with Crippen molar-refractivity contribution in [3.63, 3.8) is 0 Å². The van der Waals surface area contributed by atoms with E-state index < -0.39 is 5.60 Å². The number of anilines is 1. The van der Waals surface area contributed by atoms with Gasteiger partial charge in [-0.25, -0.2) is 9.97 Å². The Morgan fingerprint density at radius 1 is 1.38 bits per heavy atom. The first kappa shape index (κ1) is 12.9. The second kappa shape index (κ2) is 5.23. The Morgan fingerprint density at radius 2 is 2.06 bits per heavy atom. The van der Waals surface area contributed by atoms with Crippen LogP contribution < -0.4 is 5.73 Å². The normalized spacial score (nSPS) is 11.8. The zero-order valence-corrected chi connectivity index (χ0v) is 10.3. The van der Waals surface area contributed by atoms with Gasteiger partial charge in [-0.2, -0.15) is 0 Å². The van der Waals surface area contributed by atoms with E-state index in [1.807, 2.05) is 20.8 Å². The van der Waals surface area contributed by atoms with Crippen LogP contribution in [-0.4, -0.2) is 23.7 Å². The Hall–Kier alpha value is -1.20. The van der Waals surface area contributed by atoms with E-state index in [9.17, 15) is 0 Å². The zero-order chi connectivity index (χ0) is 12.2. The van der Waals surface area contributed by atoms with E-state index in [0.717, 1.165) is 5.69 Å². The van der Waals surface area contributed by atoms with Gasteiger partial charge in [-0.15, -0.1) is 0 Å². The number of nitrogens with two attached hydrogens (primary N) is 1. The predicted molar refractivity (Wildman–Crippen MR) is 61.8 cm³/mol. The highest BCUT2D eigenvalue weighted by molar-refractivity contribution is 5.30. The van der Waals surface area contributed by atoms with Crippen molar-refractivity contribution in [2.45, 2.75) is 33.0 Å². The minimum absolute atomic E-state index is 0.419. The topological polar surface area (TPSA) is 70.3 Å². The van der Waals surface area contributed by atoms with Gasteiger partial charge in [0.15, 0.2) is 5.82 Å². The monoisotopic (exact) mass is 225 g/mol. The van der Waals surface area contributed by atoms with Crippen molar-refractivity contribution in [3.05, 3.63) is 17.6 Å². The molecule has 90 valence electrons. The maximum Gasteiger partial charge on any atom is 0.162 e. The predicted octanol–water partition coefficient (Wildman–Crippen LogP) is 1.48. The summed E-state index contributed by atoms with van der Waals surface area (Å²) in [6.45, 7) is 6.79. The smallest absolute Gasteiger partial charge is 0.162 e. The second-order valence-corrected chi connectivity index (χ2v) is 3.98. The number of ether oxygens (including phenoxy) is 2. The number of hydrogen-bond acceptors (Lipinski definition) is 5. The van der Waals surface area contributed by atoms with Gasteiger partial charge in [-0.3, -0.25) is 0 Å². The molecule has 1 aromatic rings. The molecule has 0 atom stereocenters. The van der Waals surface area contributed by atoms with E-state index in [0.29, 0.717) is 24.9 Å². The maximum absolute atomic E-state index is 5.72. The van der Waals surface area contributed by atoms with Crippen molar-refractivity contribution < 1.29 is 9.47 Å². The first-order valence-electron chi connectivity index (χ1n) is 5.26. The van der Waals surface area contributed by atoms with Crippen LogP contribution in [0.25, 0.3) is 0 Å². The first-order valence-corrected chi connectivity index (χ1v) is 5.26. The lowest BCUT2D eigenvalue weighted by molar-refractivity contribution is -0.0210. The summed E-state index contributed by atoms with van der Waals surface area (Å²) in [5.41, 5.74) is 5.95. The van der Waals surface area contributed by atoms with E-state index in [-0.39, 0.29) is 0 Å². The summed E-state index contributed by atoms with van der Waals surface area (Å²) in [4.78, 5) is 8.56. The molecule has 0 saturated carbocycles. The van der Waals surface area contributed by atoms with Crippen molar-refractivity contribution in [2.75, 3.05) is 19.5 Å². The van der Waals surface area contributed by atoms with Crippen LogP contribution in [0.15, 0.2) is 6.07 Å². The summed E-state index contributed by atoms with van der Waals surface area (Å²) < 4.78 is 10.6. The van der Waals surface area contributed by atoms with Gasteiger partial charge < -0.3 is 15.2 Å². The summed E-state index contributed by atoms with van der Waals surface area (Å²) in [6.07, 6.45) is 0. The fourth-order valence-electron chi connectivity index (χ4n) is 1.44. The van der Waals surface area contributed by atoms with Gasteiger partial charge in [0.25, 0.3) is 0 Å². The van der Waals surface area contributed by atoms with Gasteiger partial charge >= 0.3 is 0 Å². The van der Waals surface area contributed by atoms with Crippen LogP contribution in [0, 0.1) is 0 Å². The number of hydrogen-bond donors (Lipinski definition) is 1. The zero-order valence-electron chi connectivity index (χ0n) is 10.3. The van der Waals surface area contributed by atoms with Crippen molar-refractivity contribution in [1.29, 1.82) is 0 Å². The van der Waals surface area contributed by atoms with E-state index in [1.165, 1.54) is 0 Å². The average Bonchev–Trinajstić information content (AvgIpc) is 2.17. The fraction of sp³-hybridized carbons (Fsp3) is 0.636. The summed E-state index contributed by atoms with van der Waals surface area (Å²) in [5, 5.41) is 0. The average molecular weight is 225 g/mol. The lowest BCUT2D eigenvalue weighted by Gasteiger charge is -2.23. The standard InChI is InChI=1S/C11H19N3O2/c1-5-16-11(2,3)10-13-8(7-15-4)6-9(12)14-10/h6H,5,7H2,1-4H3,(H2,12,13,14). The third-order valence-corrected chi connectivity index (χ3v) is 2.13. The lowest BCUT2D eigenvalue weighted by atomic mass is 10.1. The molecule has 0 radical (unpaired) electrons. The molecule has 0 unspecified atom stereocenters. The third-order valence-electron chi connectivity index (χ3n) is 2.13. The maximum atomic E-state index is 5.72. The van der Waals surface area contributed by atoms with Crippen LogP contribution in [0.2, 0.25) is 0 Å². The summed E-state index contributed by atoms with van der Waals surface area (Å²) >= 11 is 0. The van der Waals surface area contributed by atoms with Crippen molar-refractivity contribution in [3.8, 4) is 0 Å². The highest BCUT2D eigenvalue weighted by atomic mass is 16.5. The highest BCUT2D eigenvalue weighted by Gasteiger charge is 2.25. The highest BCUT2D eigenvalue weighted by Crippen LogP contribution is 2.22. The van der Waals surface area contributed by atoms with Crippen LogP contribution in [-0.2, 0) is 21.7 Å². The lowest BCUT2D eigenvalue weighted by Crippen LogP contribution is -2.25. The number of aromatic nitrogens is 2. The molecule has 0 aliphatic heterocycles. The first-order chi connectivity index (χ1) is 7.49. The molecule has 5 nitrogen and oxygen atoms in total. The quantitative estimate of drug-likeness (QED) is 0.821. The fourth-order valence-corrected chi connectivity index (χ4v) is 1.44. The number of nitrogen functional groups attached to an aromatic ring is 1. The molecule has 0 amide bonds. The SMILES string of the molecule is CCOC(C)(C)c1nc(N)cc(COC)n1. The molecule has 1 rings (SSSR count). The Bertz CT molecular complexity index is 353. The molecule has 0 aliphatic rings. The third kappa shape index (κ3) is 3.15. The molecule has 0 spiro atoms. The minimum Gasteiger partial charge on any atom is -0.384 e. The molecule has 0 fully saturated rings. The van der Waals surface area contributed by atoms with E-state index in [2.05, 4.69) is 9.97 Å². The molecule has 1 aromatic heterocycles. The number of nitrogens with zero attached hydrogens (tertiary/aromatic N) is 2. The van der Waals surface area contributed by atoms with Crippen LogP contribution in [0.4, 0.5) is 5.82 Å². The molecule has 5 heteroatoms. The minimum atomic E-state index is -0.535. The van der Waals surface area contributed by atoms with Crippen molar-refractivity contribution in [1.82, 2.24) is 9.97 Å². The largest absolute Gasteiger partial charge is 0.384 e. The second-order valence-electron chi connectivity index (χ2n) is 3.98. The molecule has 0 saturated heterocycles. The Kier molecular flexibility index (Phi) is 4.20. The van der Waals surface area contributed by atoms with E-state index in [4.69, 9.17) is 15.2 Å². The molecule has 0 aliphatic carbocycles. The van der Waals surface area contributed by atoms with Crippen LogP contribution in [0.3, 0.4) is 0 Å². The van der Waals surface area contributed by atoms with Gasteiger partial charge in [0.05, 0.1) is 12.3 Å². The summed E-state index contributed by atoms with van der Waals surface area (Å²) in [6, 6.07) is 1.70. The van der Waals surface area contributed by atoms with Gasteiger partial charge in [-0.05, 0) is 20.8 Å². The van der Waals surface area contributed by atoms with E-state index >= 15 is 0 Å². The van der Waals surface area contributed by atoms with Gasteiger partial charge in [0, 0.05) is 19.8 Å². The van der Waals surface area contributed by atoms with Crippen LogP contribution in [0.1, 0.15) is 32.3 Å². The van der Waals surface area contributed by atoms with Gasteiger partial charge in [0.1, 0.15) is 11.4 Å². The van der Waals surface area contributed by atoms with Gasteiger partial charge in [0.2, 0.25) is 0 Å². The van der Waals surface area contributed by atoms with Crippen molar-refractivity contribution >= 4 is 5.82 Å². The van der Waals surface area contributed by atoms with Crippen LogP contribution >= 0.6 is 0 Å². The molecule has 16 heavy (non-hydrogen) atoms. The Labute approximate surface area is 96.0 Å². The Morgan fingerprint density at radius 3 is 2.62 bits per heavy atom. The Balaban J connectivity index is 3.03. The van der Waals surface area contributed by atoms with Crippen molar-refractivity contribution in [2.24, 2.45) is 0 Å². The molecule has 1 heterocycles. The molecular formula is C11H19N3O2. The molecular weight excluding hydrogens is 206 g/mol. The number of rotatable bonds is 5.